The van der Waals surface area contributed by atoms with Gasteiger partial charge in [0.2, 0.25) is 0 Å². The Morgan fingerprint density at radius 3 is 2.52 bits per heavy atom. The summed E-state index contributed by atoms with van der Waals surface area (Å²) in [6.07, 6.45) is 0. The van der Waals surface area contributed by atoms with Gasteiger partial charge in [-0.25, -0.2) is 0 Å². The van der Waals surface area contributed by atoms with Crippen molar-refractivity contribution in [2.45, 2.75) is 13.5 Å². The molecule has 0 atom stereocenters. The molecule has 0 unspecified atom stereocenters. The molecule has 0 aliphatic heterocycles. The predicted molar refractivity (Wildman–Crippen MR) is 83.1 cm³/mol. The van der Waals surface area contributed by atoms with Crippen molar-refractivity contribution in [1.29, 1.82) is 0 Å². The van der Waals surface area contributed by atoms with Crippen LogP contribution in [0.25, 0.3) is 0 Å². The molecular formula is C15H10Br2F2O2. The van der Waals surface area contributed by atoms with Gasteiger partial charge in [-0.15, -0.1) is 0 Å². The van der Waals surface area contributed by atoms with E-state index in [0.717, 1.165) is 10.0 Å². The number of ketones is 1. The van der Waals surface area contributed by atoms with Crippen molar-refractivity contribution in [2.75, 3.05) is 0 Å². The van der Waals surface area contributed by atoms with Gasteiger partial charge in [0.25, 0.3) is 0 Å². The average Bonchev–Trinajstić information content (AvgIpc) is 2.41. The van der Waals surface area contributed by atoms with E-state index in [9.17, 15) is 13.6 Å². The van der Waals surface area contributed by atoms with E-state index in [1.807, 2.05) is 13.0 Å². The van der Waals surface area contributed by atoms with Crippen LogP contribution in [0, 0.1) is 6.92 Å². The molecule has 0 amide bonds. The molecule has 0 fully saturated rings. The minimum absolute atomic E-state index is 0.0434. The van der Waals surface area contributed by atoms with E-state index in [-0.39, 0.29) is 17.1 Å². The molecule has 0 bridgehead atoms. The second kappa shape index (κ2) is 6.66. The maximum atomic E-state index is 12.5. The number of alkyl halides is 2. The summed E-state index contributed by atoms with van der Waals surface area (Å²) in [6.45, 7) is -1.02. The van der Waals surface area contributed by atoms with Crippen molar-refractivity contribution in [3.05, 3.63) is 62.0 Å². The van der Waals surface area contributed by atoms with Crippen molar-refractivity contribution in [2.24, 2.45) is 0 Å². The average molecular weight is 420 g/mol. The number of rotatable bonds is 4. The second-order valence-corrected chi connectivity index (χ2v) is 6.03. The van der Waals surface area contributed by atoms with Gasteiger partial charge in [-0.05, 0) is 36.8 Å². The summed E-state index contributed by atoms with van der Waals surface area (Å²) >= 11 is 6.72. The molecule has 2 nitrogen and oxygen atoms in total. The van der Waals surface area contributed by atoms with Crippen molar-refractivity contribution in [3.8, 4) is 5.75 Å². The van der Waals surface area contributed by atoms with Gasteiger partial charge in [-0.3, -0.25) is 4.79 Å². The molecule has 0 aliphatic carbocycles. The fourth-order valence-corrected chi connectivity index (χ4v) is 2.77. The molecular weight excluding hydrogens is 410 g/mol. The van der Waals surface area contributed by atoms with Crippen LogP contribution in [0.4, 0.5) is 8.78 Å². The largest absolute Gasteiger partial charge is 0.435 e. The van der Waals surface area contributed by atoms with Crippen molar-refractivity contribution in [1.82, 2.24) is 0 Å². The van der Waals surface area contributed by atoms with Crippen LogP contribution in [0.5, 0.6) is 5.75 Å². The number of carbonyl (C=O) groups excluding carboxylic acids is 1. The molecule has 0 N–H and O–H groups in total. The summed E-state index contributed by atoms with van der Waals surface area (Å²) in [6, 6.07) is 9.25. The molecule has 21 heavy (non-hydrogen) atoms. The number of halogens is 4. The first-order valence-electron chi connectivity index (χ1n) is 5.93. The summed E-state index contributed by atoms with van der Waals surface area (Å²) in [5, 5.41) is 0. The molecule has 110 valence electrons. The Labute approximate surface area is 137 Å². The minimum atomic E-state index is -2.92. The molecule has 2 rings (SSSR count). The lowest BCUT2D eigenvalue weighted by atomic mass is 10.0. The number of hydrogen-bond acceptors (Lipinski definition) is 2. The molecule has 6 heteroatoms. The zero-order chi connectivity index (χ0) is 15.6. The van der Waals surface area contributed by atoms with Crippen LogP contribution in [0.3, 0.4) is 0 Å². The van der Waals surface area contributed by atoms with Gasteiger partial charge < -0.3 is 4.74 Å². The number of benzene rings is 2. The lowest BCUT2D eigenvalue weighted by Crippen LogP contribution is -2.06. The van der Waals surface area contributed by atoms with E-state index in [1.54, 1.807) is 12.1 Å². The zero-order valence-corrected chi connectivity index (χ0v) is 14.0. The Morgan fingerprint density at radius 1 is 1.14 bits per heavy atom. The van der Waals surface area contributed by atoms with Crippen LogP contribution in [0.1, 0.15) is 21.5 Å². The summed E-state index contributed by atoms with van der Waals surface area (Å²) < 4.78 is 30.2. The summed E-state index contributed by atoms with van der Waals surface area (Å²) in [4.78, 5) is 12.5. The molecule has 0 aromatic heterocycles. The maximum Gasteiger partial charge on any atom is 0.387 e. The quantitative estimate of drug-likeness (QED) is 0.624. The van der Waals surface area contributed by atoms with Gasteiger partial charge in [0.1, 0.15) is 5.75 Å². The van der Waals surface area contributed by atoms with Crippen LogP contribution in [0.2, 0.25) is 0 Å². The highest BCUT2D eigenvalue weighted by atomic mass is 79.9. The van der Waals surface area contributed by atoms with Crippen LogP contribution < -0.4 is 4.74 Å². The van der Waals surface area contributed by atoms with Crippen molar-refractivity contribution >= 4 is 37.6 Å². The van der Waals surface area contributed by atoms with Crippen LogP contribution >= 0.6 is 31.9 Å². The number of ether oxygens (including phenoxy) is 1. The molecule has 0 aliphatic rings. The summed E-state index contributed by atoms with van der Waals surface area (Å²) in [5.74, 6) is -0.319. The molecule has 0 radical (unpaired) electrons. The summed E-state index contributed by atoms with van der Waals surface area (Å²) in [5.41, 5.74) is 1.71. The third-order valence-electron chi connectivity index (χ3n) is 2.81. The highest BCUT2D eigenvalue weighted by Crippen LogP contribution is 2.28. The smallest absolute Gasteiger partial charge is 0.387 e. The topological polar surface area (TPSA) is 26.3 Å². The molecule has 0 spiro atoms. The van der Waals surface area contributed by atoms with E-state index >= 15 is 0 Å². The van der Waals surface area contributed by atoms with Crippen molar-refractivity contribution in [3.63, 3.8) is 0 Å². The number of aryl methyl sites for hydroxylation is 1. The Kier molecular flexibility index (Phi) is 5.11. The molecule has 0 saturated carbocycles. The van der Waals surface area contributed by atoms with E-state index in [0.29, 0.717) is 10.0 Å². The minimum Gasteiger partial charge on any atom is -0.435 e. The number of hydrogen-bond donors (Lipinski definition) is 0. The standard InChI is InChI=1S/C15H10Br2F2O2/c1-8-5-13(17)11(7-12(8)16)14(20)9-3-2-4-10(6-9)21-15(18)19/h2-7,15H,1H3. The SMILES string of the molecule is Cc1cc(Br)c(C(=O)c2cccc(OC(F)F)c2)cc1Br. The van der Waals surface area contributed by atoms with Crippen LogP contribution in [-0.4, -0.2) is 12.4 Å². The molecule has 2 aromatic rings. The van der Waals surface area contributed by atoms with Gasteiger partial charge in [0, 0.05) is 20.1 Å². The normalized spacial score (nSPS) is 10.8. The monoisotopic (exact) mass is 418 g/mol. The van der Waals surface area contributed by atoms with Crippen LogP contribution in [-0.2, 0) is 0 Å². The van der Waals surface area contributed by atoms with E-state index in [4.69, 9.17) is 0 Å². The van der Waals surface area contributed by atoms with Gasteiger partial charge in [-0.2, -0.15) is 8.78 Å². The Bertz CT molecular complexity index is 687. The lowest BCUT2D eigenvalue weighted by molar-refractivity contribution is -0.0498. The first-order valence-corrected chi connectivity index (χ1v) is 7.52. The van der Waals surface area contributed by atoms with Gasteiger partial charge in [0.15, 0.2) is 5.78 Å². The maximum absolute atomic E-state index is 12.5. The highest BCUT2D eigenvalue weighted by molar-refractivity contribution is 9.11. The van der Waals surface area contributed by atoms with Crippen molar-refractivity contribution < 1.29 is 18.3 Å². The first-order chi connectivity index (χ1) is 9.88. The molecule has 0 heterocycles. The first kappa shape index (κ1) is 16.1. The molecule has 0 saturated heterocycles. The highest BCUT2D eigenvalue weighted by Gasteiger charge is 2.15. The lowest BCUT2D eigenvalue weighted by Gasteiger charge is -2.09. The second-order valence-electron chi connectivity index (χ2n) is 4.32. The third-order valence-corrected chi connectivity index (χ3v) is 4.32. The molecule has 2 aromatic carbocycles. The van der Waals surface area contributed by atoms with Gasteiger partial charge in [-0.1, -0.05) is 44.0 Å². The Morgan fingerprint density at radius 2 is 1.86 bits per heavy atom. The number of carbonyl (C=O) groups is 1. The predicted octanol–water partition coefficient (Wildman–Crippen LogP) is 5.35. The Hall–Kier alpha value is -1.27. The third kappa shape index (κ3) is 3.89. The Balaban J connectivity index is 2.38. The fraction of sp³-hybridized carbons (Fsp3) is 0.133. The zero-order valence-electron chi connectivity index (χ0n) is 10.9. The fourth-order valence-electron chi connectivity index (χ4n) is 1.79. The summed E-state index contributed by atoms with van der Waals surface area (Å²) in [7, 11) is 0. The van der Waals surface area contributed by atoms with E-state index in [2.05, 4.69) is 36.6 Å². The van der Waals surface area contributed by atoms with E-state index < -0.39 is 6.61 Å². The van der Waals surface area contributed by atoms with Gasteiger partial charge >= 0.3 is 6.61 Å². The van der Waals surface area contributed by atoms with Crippen LogP contribution in [0.15, 0.2) is 45.3 Å². The van der Waals surface area contributed by atoms with E-state index in [1.165, 1.54) is 18.2 Å². The van der Waals surface area contributed by atoms with Gasteiger partial charge in [0.05, 0.1) is 0 Å².